The quantitative estimate of drug-likeness (QED) is 0.927. The SMILES string of the molecule is Cc1cc(C)nc(NC2CCN(C(=O)C3CCCC3)C2)n1. The van der Waals surface area contributed by atoms with Crippen molar-refractivity contribution < 1.29 is 4.79 Å². The lowest BCUT2D eigenvalue weighted by Crippen LogP contribution is -2.35. The van der Waals surface area contributed by atoms with Gasteiger partial charge in [-0.25, -0.2) is 9.97 Å². The maximum Gasteiger partial charge on any atom is 0.225 e. The molecule has 1 unspecified atom stereocenters. The normalized spacial score (nSPS) is 22.8. The number of carbonyl (C=O) groups is 1. The average Bonchev–Trinajstić information content (AvgIpc) is 3.07. The molecule has 1 atom stereocenters. The molecule has 21 heavy (non-hydrogen) atoms. The van der Waals surface area contributed by atoms with Crippen molar-refractivity contribution in [2.75, 3.05) is 18.4 Å². The minimum atomic E-state index is 0.275. The second-order valence-corrected chi connectivity index (χ2v) is 6.37. The fourth-order valence-corrected chi connectivity index (χ4v) is 3.48. The Hall–Kier alpha value is -1.65. The number of anilines is 1. The number of likely N-dealkylation sites (tertiary alicyclic amines) is 1. The van der Waals surface area contributed by atoms with Gasteiger partial charge >= 0.3 is 0 Å². The molecular formula is C16H24N4O. The summed E-state index contributed by atoms with van der Waals surface area (Å²) < 4.78 is 0. The van der Waals surface area contributed by atoms with Gasteiger partial charge in [0.05, 0.1) is 0 Å². The molecular weight excluding hydrogens is 264 g/mol. The summed E-state index contributed by atoms with van der Waals surface area (Å²) in [6, 6.07) is 2.24. The first-order chi connectivity index (χ1) is 10.1. The van der Waals surface area contributed by atoms with E-state index < -0.39 is 0 Å². The van der Waals surface area contributed by atoms with Crippen LogP contribution in [0.5, 0.6) is 0 Å². The van der Waals surface area contributed by atoms with Gasteiger partial charge in [0.1, 0.15) is 0 Å². The van der Waals surface area contributed by atoms with Crippen LogP contribution in [0.4, 0.5) is 5.95 Å². The molecule has 1 aliphatic heterocycles. The van der Waals surface area contributed by atoms with Crippen molar-refractivity contribution in [2.24, 2.45) is 5.92 Å². The van der Waals surface area contributed by atoms with Gasteiger partial charge in [0.15, 0.2) is 0 Å². The highest BCUT2D eigenvalue weighted by atomic mass is 16.2. The monoisotopic (exact) mass is 288 g/mol. The molecule has 0 radical (unpaired) electrons. The van der Waals surface area contributed by atoms with Crippen LogP contribution in [0.2, 0.25) is 0 Å². The molecule has 1 saturated carbocycles. The van der Waals surface area contributed by atoms with E-state index in [-0.39, 0.29) is 12.0 Å². The highest BCUT2D eigenvalue weighted by molar-refractivity contribution is 5.79. The van der Waals surface area contributed by atoms with Gasteiger partial charge in [-0.3, -0.25) is 4.79 Å². The lowest BCUT2D eigenvalue weighted by molar-refractivity contribution is -0.134. The average molecular weight is 288 g/mol. The minimum Gasteiger partial charge on any atom is -0.350 e. The zero-order chi connectivity index (χ0) is 14.8. The van der Waals surface area contributed by atoms with Gasteiger partial charge < -0.3 is 10.2 Å². The van der Waals surface area contributed by atoms with Crippen molar-refractivity contribution in [3.05, 3.63) is 17.5 Å². The Morgan fingerprint density at radius 2 is 1.86 bits per heavy atom. The minimum absolute atomic E-state index is 0.275. The van der Waals surface area contributed by atoms with Gasteiger partial charge in [0.2, 0.25) is 11.9 Å². The van der Waals surface area contributed by atoms with Crippen molar-refractivity contribution in [1.82, 2.24) is 14.9 Å². The van der Waals surface area contributed by atoms with Gasteiger partial charge in [-0.1, -0.05) is 12.8 Å². The van der Waals surface area contributed by atoms with E-state index in [1.807, 2.05) is 24.8 Å². The molecule has 5 nitrogen and oxygen atoms in total. The third-order valence-corrected chi connectivity index (χ3v) is 4.52. The standard InChI is InChI=1S/C16H24N4O/c1-11-9-12(2)18-16(17-11)19-14-7-8-20(10-14)15(21)13-5-3-4-6-13/h9,13-14H,3-8,10H2,1-2H3,(H,17,18,19). The zero-order valence-electron chi connectivity index (χ0n) is 12.9. The smallest absolute Gasteiger partial charge is 0.225 e. The molecule has 1 amide bonds. The van der Waals surface area contributed by atoms with Gasteiger partial charge in [-0.05, 0) is 39.2 Å². The first-order valence-electron chi connectivity index (χ1n) is 7.99. The summed E-state index contributed by atoms with van der Waals surface area (Å²) in [6.45, 7) is 5.60. The third kappa shape index (κ3) is 3.34. The summed E-state index contributed by atoms with van der Waals surface area (Å²) in [4.78, 5) is 23.3. The molecule has 114 valence electrons. The summed E-state index contributed by atoms with van der Waals surface area (Å²) in [7, 11) is 0. The van der Waals surface area contributed by atoms with Gasteiger partial charge in [0.25, 0.3) is 0 Å². The first kappa shape index (κ1) is 14.3. The Morgan fingerprint density at radius 3 is 2.52 bits per heavy atom. The number of nitrogens with one attached hydrogen (secondary N) is 1. The van der Waals surface area contributed by atoms with Crippen molar-refractivity contribution in [1.29, 1.82) is 0 Å². The highest BCUT2D eigenvalue weighted by Gasteiger charge is 2.32. The maximum absolute atomic E-state index is 12.4. The lowest BCUT2D eigenvalue weighted by atomic mass is 10.1. The molecule has 2 fully saturated rings. The fourth-order valence-electron chi connectivity index (χ4n) is 3.48. The van der Waals surface area contributed by atoms with Crippen molar-refractivity contribution in [3.8, 4) is 0 Å². The molecule has 0 bridgehead atoms. The van der Waals surface area contributed by atoms with Crippen LogP contribution in [0.25, 0.3) is 0 Å². The Labute approximate surface area is 126 Å². The number of carbonyl (C=O) groups excluding carboxylic acids is 1. The predicted octanol–water partition coefficient (Wildman–Crippen LogP) is 2.30. The predicted molar refractivity (Wildman–Crippen MR) is 82.1 cm³/mol. The third-order valence-electron chi connectivity index (χ3n) is 4.52. The van der Waals surface area contributed by atoms with E-state index >= 15 is 0 Å². The van der Waals surface area contributed by atoms with Gasteiger partial charge in [-0.2, -0.15) is 0 Å². The Balaban J connectivity index is 1.58. The van der Waals surface area contributed by atoms with Crippen LogP contribution in [0.3, 0.4) is 0 Å². The van der Waals surface area contributed by atoms with Crippen molar-refractivity contribution in [3.63, 3.8) is 0 Å². The van der Waals surface area contributed by atoms with Crippen LogP contribution in [0.1, 0.15) is 43.5 Å². The number of hydrogen-bond acceptors (Lipinski definition) is 4. The summed E-state index contributed by atoms with van der Waals surface area (Å²) in [6.07, 6.45) is 5.56. The lowest BCUT2D eigenvalue weighted by Gasteiger charge is -2.20. The van der Waals surface area contributed by atoms with E-state index in [1.165, 1.54) is 12.8 Å². The molecule has 3 rings (SSSR count). The van der Waals surface area contributed by atoms with Crippen LogP contribution < -0.4 is 5.32 Å². The van der Waals surface area contributed by atoms with Crippen molar-refractivity contribution >= 4 is 11.9 Å². The summed E-state index contributed by atoms with van der Waals surface area (Å²) >= 11 is 0. The number of amides is 1. The maximum atomic E-state index is 12.4. The summed E-state index contributed by atoms with van der Waals surface area (Å²) in [5.74, 6) is 1.33. The molecule has 1 aromatic rings. The molecule has 1 aliphatic carbocycles. The topological polar surface area (TPSA) is 58.1 Å². The molecule has 2 heterocycles. The van der Waals surface area contributed by atoms with E-state index in [1.54, 1.807) is 0 Å². The van der Waals surface area contributed by atoms with Gasteiger partial charge in [0, 0.05) is 36.4 Å². The van der Waals surface area contributed by atoms with E-state index in [9.17, 15) is 4.79 Å². The molecule has 1 N–H and O–H groups in total. The Morgan fingerprint density at radius 1 is 1.19 bits per heavy atom. The number of hydrogen-bond donors (Lipinski definition) is 1. The van der Waals surface area contributed by atoms with E-state index in [0.717, 1.165) is 43.7 Å². The molecule has 0 spiro atoms. The van der Waals surface area contributed by atoms with E-state index in [4.69, 9.17) is 0 Å². The number of aryl methyl sites for hydroxylation is 2. The first-order valence-corrected chi connectivity index (χ1v) is 7.99. The second kappa shape index (κ2) is 6.00. The number of aromatic nitrogens is 2. The fraction of sp³-hybridized carbons (Fsp3) is 0.688. The number of nitrogens with zero attached hydrogens (tertiary/aromatic N) is 3. The van der Waals surface area contributed by atoms with E-state index in [2.05, 4.69) is 15.3 Å². The van der Waals surface area contributed by atoms with Crippen molar-refractivity contribution in [2.45, 2.75) is 52.0 Å². The van der Waals surface area contributed by atoms with Gasteiger partial charge in [-0.15, -0.1) is 0 Å². The summed E-state index contributed by atoms with van der Waals surface area (Å²) in [5, 5.41) is 3.38. The Bertz CT molecular complexity index is 505. The number of rotatable bonds is 3. The summed E-state index contributed by atoms with van der Waals surface area (Å²) in [5.41, 5.74) is 1.95. The molecule has 0 aromatic carbocycles. The van der Waals surface area contributed by atoms with E-state index in [0.29, 0.717) is 11.9 Å². The Kier molecular flexibility index (Phi) is 4.08. The van der Waals surface area contributed by atoms with Crippen LogP contribution in [0.15, 0.2) is 6.07 Å². The zero-order valence-corrected chi connectivity index (χ0v) is 12.9. The second-order valence-electron chi connectivity index (χ2n) is 6.37. The molecule has 1 saturated heterocycles. The molecule has 5 heteroatoms. The van der Waals surface area contributed by atoms with Crippen LogP contribution in [0, 0.1) is 19.8 Å². The highest BCUT2D eigenvalue weighted by Crippen LogP contribution is 2.28. The van der Waals surface area contributed by atoms with Crippen LogP contribution in [-0.4, -0.2) is 39.9 Å². The molecule has 2 aliphatic rings. The van der Waals surface area contributed by atoms with Crippen LogP contribution >= 0.6 is 0 Å². The molecule has 1 aromatic heterocycles. The van der Waals surface area contributed by atoms with Crippen LogP contribution in [-0.2, 0) is 4.79 Å². The largest absolute Gasteiger partial charge is 0.350 e.